The first-order chi connectivity index (χ1) is 15.8. The summed E-state index contributed by atoms with van der Waals surface area (Å²) in [6.07, 6.45) is 1.22. The van der Waals surface area contributed by atoms with E-state index in [2.05, 4.69) is 15.6 Å². The van der Waals surface area contributed by atoms with Crippen LogP contribution in [0.15, 0.2) is 47.8 Å². The number of carbonyl (C=O) groups is 3. The van der Waals surface area contributed by atoms with Crippen LogP contribution in [0.2, 0.25) is 5.02 Å². The number of hydrogen-bond acceptors (Lipinski definition) is 5. The van der Waals surface area contributed by atoms with Gasteiger partial charge in [-0.25, -0.2) is 4.98 Å². The summed E-state index contributed by atoms with van der Waals surface area (Å²) in [7, 11) is 0. The normalized spacial score (nSPS) is 14.3. The highest BCUT2D eigenvalue weighted by atomic mass is 35.5. The predicted molar refractivity (Wildman–Crippen MR) is 131 cm³/mol. The zero-order valence-corrected chi connectivity index (χ0v) is 19.8. The van der Waals surface area contributed by atoms with E-state index in [-0.39, 0.29) is 23.8 Å². The number of nitrogens with one attached hydrogen (secondary N) is 2. The van der Waals surface area contributed by atoms with Crippen LogP contribution in [0.25, 0.3) is 11.3 Å². The first-order valence-corrected chi connectivity index (χ1v) is 11.8. The molecule has 1 unspecified atom stereocenters. The van der Waals surface area contributed by atoms with Crippen LogP contribution in [0.3, 0.4) is 0 Å². The monoisotopic (exact) mass is 482 g/mol. The topological polar surface area (TPSA) is 91.4 Å². The molecule has 1 saturated heterocycles. The molecule has 3 amide bonds. The lowest BCUT2D eigenvalue weighted by atomic mass is 10.1. The Morgan fingerprint density at radius 1 is 1.18 bits per heavy atom. The number of hydrogen-bond donors (Lipinski definition) is 2. The lowest BCUT2D eigenvalue weighted by molar-refractivity contribution is -0.119. The fourth-order valence-electron chi connectivity index (χ4n) is 3.78. The quantitative estimate of drug-likeness (QED) is 0.515. The Labute approximate surface area is 200 Å². The first-order valence-electron chi connectivity index (χ1n) is 10.6. The highest BCUT2D eigenvalue weighted by Gasteiger charge is 2.26. The Morgan fingerprint density at radius 3 is 2.61 bits per heavy atom. The molecular weight excluding hydrogens is 460 g/mol. The first kappa shape index (κ1) is 22.9. The zero-order valence-electron chi connectivity index (χ0n) is 18.2. The minimum Gasteiger partial charge on any atom is -0.350 e. The van der Waals surface area contributed by atoms with Crippen molar-refractivity contribution in [1.29, 1.82) is 0 Å². The lowest BCUT2D eigenvalue weighted by Crippen LogP contribution is -2.27. The second-order valence-corrected chi connectivity index (χ2v) is 9.14. The van der Waals surface area contributed by atoms with Crippen molar-refractivity contribution in [3.8, 4) is 11.3 Å². The summed E-state index contributed by atoms with van der Waals surface area (Å²) in [5, 5.41) is 8.49. The number of carbonyl (C=O) groups excluding carboxylic acids is 3. The van der Waals surface area contributed by atoms with E-state index in [4.69, 9.17) is 11.6 Å². The van der Waals surface area contributed by atoms with Gasteiger partial charge in [0.05, 0.1) is 23.0 Å². The zero-order chi connectivity index (χ0) is 23.5. The van der Waals surface area contributed by atoms with Gasteiger partial charge in [-0.2, -0.15) is 0 Å². The molecular formula is C24H23ClN4O3S. The van der Waals surface area contributed by atoms with E-state index >= 15 is 0 Å². The maximum Gasteiger partial charge on any atom is 0.259 e. The SMILES string of the molecule is CC(=O)NC(C)c1ccc(-c2csc(NC(=O)c3ccc(Cl)cc3N3CCCC3=O)n2)cc1. The molecule has 2 N–H and O–H groups in total. The molecule has 0 radical (unpaired) electrons. The number of nitrogens with zero attached hydrogens (tertiary/aromatic N) is 2. The van der Waals surface area contributed by atoms with Gasteiger partial charge >= 0.3 is 0 Å². The minimum absolute atomic E-state index is 0.0147. The number of thiazole rings is 1. The van der Waals surface area contributed by atoms with Crippen LogP contribution in [0.4, 0.5) is 10.8 Å². The van der Waals surface area contributed by atoms with Crippen molar-refractivity contribution in [2.45, 2.75) is 32.7 Å². The van der Waals surface area contributed by atoms with Gasteiger partial charge in [0, 0.05) is 35.9 Å². The van der Waals surface area contributed by atoms with E-state index in [1.54, 1.807) is 23.1 Å². The fraction of sp³-hybridized carbons (Fsp3) is 0.250. The van der Waals surface area contributed by atoms with Crippen LogP contribution >= 0.6 is 22.9 Å². The van der Waals surface area contributed by atoms with Crippen LogP contribution in [0.1, 0.15) is 48.7 Å². The third-order valence-corrected chi connectivity index (χ3v) is 6.41. The van der Waals surface area contributed by atoms with Gasteiger partial charge in [0.15, 0.2) is 5.13 Å². The molecule has 9 heteroatoms. The maximum atomic E-state index is 13.0. The minimum atomic E-state index is -0.346. The average Bonchev–Trinajstić information content (AvgIpc) is 3.42. The summed E-state index contributed by atoms with van der Waals surface area (Å²) in [6.45, 7) is 3.98. The second-order valence-electron chi connectivity index (χ2n) is 7.85. The van der Waals surface area contributed by atoms with E-state index < -0.39 is 0 Å². The number of halogens is 1. The van der Waals surface area contributed by atoms with Crippen molar-refractivity contribution in [3.05, 3.63) is 64.0 Å². The van der Waals surface area contributed by atoms with Gasteiger partial charge in [0.2, 0.25) is 11.8 Å². The summed E-state index contributed by atoms with van der Waals surface area (Å²) in [5.41, 5.74) is 3.52. The molecule has 1 atom stereocenters. The molecule has 2 heterocycles. The van der Waals surface area contributed by atoms with Gasteiger partial charge < -0.3 is 10.2 Å². The van der Waals surface area contributed by atoms with Crippen LogP contribution in [-0.4, -0.2) is 29.3 Å². The van der Waals surface area contributed by atoms with Crippen molar-refractivity contribution in [3.63, 3.8) is 0 Å². The predicted octanol–water partition coefficient (Wildman–Crippen LogP) is 5.04. The van der Waals surface area contributed by atoms with Crippen LogP contribution in [-0.2, 0) is 9.59 Å². The second kappa shape index (κ2) is 9.72. The van der Waals surface area contributed by atoms with Crippen molar-refractivity contribution in [2.75, 3.05) is 16.8 Å². The van der Waals surface area contributed by atoms with E-state index in [1.165, 1.54) is 18.3 Å². The summed E-state index contributed by atoms with van der Waals surface area (Å²) < 4.78 is 0. The third kappa shape index (κ3) is 5.23. The number of benzene rings is 2. The Balaban J connectivity index is 1.50. The van der Waals surface area contributed by atoms with Gasteiger partial charge in [0.25, 0.3) is 5.91 Å². The molecule has 1 aliphatic rings. The highest BCUT2D eigenvalue weighted by Crippen LogP contribution is 2.31. The molecule has 1 aliphatic heterocycles. The summed E-state index contributed by atoms with van der Waals surface area (Å²) in [6, 6.07) is 12.6. The molecule has 1 fully saturated rings. The van der Waals surface area contributed by atoms with Crippen molar-refractivity contribution in [1.82, 2.24) is 10.3 Å². The molecule has 33 heavy (non-hydrogen) atoms. The van der Waals surface area contributed by atoms with Gasteiger partial charge in [0.1, 0.15) is 0 Å². The average molecular weight is 483 g/mol. The Hall–Kier alpha value is -3.23. The largest absolute Gasteiger partial charge is 0.350 e. The van der Waals surface area contributed by atoms with Gasteiger partial charge in [-0.05, 0) is 37.1 Å². The molecule has 0 aliphatic carbocycles. The van der Waals surface area contributed by atoms with Crippen LogP contribution in [0.5, 0.6) is 0 Å². The van der Waals surface area contributed by atoms with Crippen LogP contribution in [0, 0.1) is 0 Å². The number of amides is 3. The molecule has 0 saturated carbocycles. The van der Waals surface area contributed by atoms with Gasteiger partial charge in [-0.3, -0.25) is 19.7 Å². The van der Waals surface area contributed by atoms with Crippen molar-refractivity contribution in [2.24, 2.45) is 0 Å². The lowest BCUT2D eigenvalue weighted by Gasteiger charge is -2.19. The Kier molecular flexibility index (Phi) is 6.76. The summed E-state index contributed by atoms with van der Waals surface area (Å²) in [4.78, 5) is 42.6. The summed E-state index contributed by atoms with van der Waals surface area (Å²) in [5.74, 6) is -0.440. The molecule has 7 nitrogen and oxygen atoms in total. The molecule has 170 valence electrons. The number of rotatable bonds is 6. The maximum absolute atomic E-state index is 13.0. The van der Waals surface area contributed by atoms with Crippen LogP contribution < -0.4 is 15.5 Å². The molecule has 1 aromatic heterocycles. The van der Waals surface area contributed by atoms with Gasteiger partial charge in [-0.15, -0.1) is 11.3 Å². The van der Waals surface area contributed by atoms with Crippen molar-refractivity contribution >= 4 is 51.5 Å². The molecule has 4 rings (SSSR count). The number of aromatic nitrogens is 1. The molecule has 0 spiro atoms. The van der Waals surface area contributed by atoms with Crippen molar-refractivity contribution < 1.29 is 14.4 Å². The van der Waals surface area contributed by atoms with Gasteiger partial charge in [-0.1, -0.05) is 35.9 Å². The third-order valence-electron chi connectivity index (χ3n) is 5.42. The fourth-order valence-corrected chi connectivity index (χ4v) is 4.66. The highest BCUT2D eigenvalue weighted by molar-refractivity contribution is 7.14. The smallest absolute Gasteiger partial charge is 0.259 e. The summed E-state index contributed by atoms with van der Waals surface area (Å²) >= 11 is 7.46. The Bertz CT molecular complexity index is 1210. The number of anilines is 2. The van der Waals surface area contributed by atoms with E-state index in [1.807, 2.05) is 36.6 Å². The molecule has 3 aromatic rings. The van der Waals surface area contributed by atoms with E-state index in [9.17, 15) is 14.4 Å². The standard InChI is InChI=1S/C24H23ClN4O3S/c1-14(26-15(2)30)16-5-7-17(8-6-16)20-13-33-24(27-20)28-23(32)19-10-9-18(25)12-21(19)29-11-3-4-22(29)31/h5-10,12-14H,3-4,11H2,1-2H3,(H,26,30)(H,27,28,32). The molecule has 2 aromatic carbocycles. The van der Waals surface area contributed by atoms with E-state index in [0.29, 0.717) is 34.4 Å². The Morgan fingerprint density at radius 2 is 1.94 bits per heavy atom. The van der Waals surface area contributed by atoms with E-state index in [0.717, 1.165) is 23.2 Å². The molecule has 0 bridgehead atoms.